The molecule has 0 radical (unpaired) electrons. The number of fused-ring (bicyclic) bond motifs is 2. The monoisotopic (exact) mass is 586 g/mol. The van der Waals surface area contributed by atoms with Gasteiger partial charge in [0.1, 0.15) is 0 Å². The SMILES string of the molecule is CCC(C)(C)c1ccc(ON(C(C)=O)c2cccc3c2CC(Sc2nc4ccccc4s2)C3=O)c(C(C)(C)CC)c1. The number of thioether (sulfide) groups is 1. The van der Waals surface area contributed by atoms with Crippen LogP contribution in [0.4, 0.5) is 5.69 Å². The Kier molecular flexibility index (Phi) is 8.05. The third kappa shape index (κ3) is 5.67. The molecule has 0 spiro atoms. The topological polar surface area (TPSA) is 59.5 Å². The number of benzene rings is 3. The van der Waals surface area contributed by atoms with Crippen LogP contribution in [0.1, 0.15) is 88.4 Å². The number of para-hydroxylation sites is 1. The third-order valence-corrected chi connectivity index (χ3v) is 10.9. The van der Waals surface area contributed by atoms with E-state index >= 15 is 0 Å². The summed E-state index contributed by atoms with van der Waals surface area (Å²) in [5.41, 5.74) is 5.22. The van der Waals surface area contributed by atoms with Crippen LogP contribution in [-0.2, 0) is 22.0 Å². The number of rotatable bonds is 9. The first-order valence-corrected chi connectivity index (χ1v) is 16.0. The molecule has 5 rings (SSSR count). The van der Waals surface area contributed by atoms with Crippen molar-refractivity contribution in [1.82, 2.24) is 4.98 Å². The molecule has 1 atom stereocenters. The molecule has 0 bridgehead atoms. The van der Waals surface area contributed by atoms with Crippen LogP contribution in [0.15, 0.2) is 65.0 Å². The molecule has 1 aromatic heterocycles. The zero-order valence-electron chi connectivity index (χ0n) is 24.9. The maximum absolute atomic E-state index is 13.5. The molecule has 0 N–H and O–H groups in total. The summed E-state index contributed by atoms with van der Waals surface area (Å²) in [5, 5.41) is 1.07. The predicted octanol–water partition coefficient (Wildman–Crippen LogP) is 8.92. The maximum Gasteiger partial charge on any atom is 0.256 e. The molecule has 1 amide bonds. The standard InChI is InChI=1S/C34H38N2O3S2/c1-8-33(4,5)22-17-18-28(25(19-22)34(6,7)9-2)39-36(21(3)37)27-15-12-13-23-24(27)20-30(31(23)38)41-32-35-26-14-10-11-16-29(26)40-32/h10-19,30H,8-9,20H2,1-7H3. The molecular formula is C34H38N2O3S2. The van der Waals surface area contributed by atoms with Crippen molar-refractivity contribution in [1.29, 1.82) is 0 Å². The van der Waals surface area contributed by atoms with Crippen LogP contribution in [-0.4, -0.2) is 21.9 Å². The molecule has 0 aliphatic heterocycles. The van der Waals surface area contributed by atoms with Gasteiger partial charge in [0.05, 0.1) is 21.2 Å². The number of Topliss-reactive ketones (excluding diaryl/α,β-unsaturated/α-hetero) is 1. The van der Waals surface area contributed by atoms with Crippen molar-refractivity contribution < 1.29 is 14.4 Å². The fraction of sp³-hybridized carbons (Fsp3) is 0.382. The van der Waals surface area contributed by atoms with Gasteiger partial charge in [-0.15, -0.1) is 16.4 Å². The Bertz CT molecular complexity index is 1590. The predicted molar refractivity (Wildman–Crippen MR) is 171 cm³/mol. The molecule has 0 fully saturated rings. The van der Waals surface area contributed by atoms with E-state index in [1.807, 2.05) is 48.5 Å². The molecule has 7 heteroatoms. The Morgan fingerprint density at radius 3 is 2.44 bits per heavy atom. The van der Waals surface area contributed by atoms with Gasteiger partial charge in [0.25, 0.3) is 5.91 Å². The molecule has 3 aromatic carbocycles. The fourth-order valence-electron chi connectivity index (χ4n) is 5.12. The first-order chi connectivity index (χ1) is 19.4. The number of aromatic nitrogens is 1. The highest BCUT2D eigenvalue weighted by molar-refractivity contribution is 8.02. The van der Waals surface area contributed by atoms with Crippen molar-refractivity contribution in [3.63, 3.8) is 0 Å². The first-order valence-electron chi connectivity index (χ1n) is 14.3. The van der Waals surface area contributed by atoms with Crippen molar-refractivity contribution in [2.24, 2.45) is 0 Å². The van der Waals surface area contributed by atoms with Crippen molar-refractivity contribution >= 4 is 50.7 Å². The van der Waals surface area contributed by atoms with Gasteiger partial charge in [-0.25, -0.2) is 4.98 Å². The average molecular weight is 587 g/mol. The molecule has 214 valence electrons. The number of anilines is 1. The summed E-state index contributed by atoms with van der Waals surface area (Å²) in [4.78, 5) is 37.8. The normalized spacial score (nSPS) is 15.3. The van der Waals surface area contributed by atoms with Gasteiger partial charge in [0.15, 0.2) is 15.9 Å². The van der Waals surface area contributed by atoms with E-state index in [1.165, 1.54) is 29.3 Å². The van der Waals surface area contributed by atoms with Gasteiger partial charge in [-0.1, -0.05) is 89.7 Å². The highest BCUT2D eigenvalue weighted by Crippen LogP contribution is 2.43. The molecule has 0 saturated heterocycles. The second kappa shape index (κ2) is 11.3. The lowest BCUT2D eigenvalue weighted by atomic mass is 9.76. The van der Waals surface area contributed by atoms with Crippen molar-refractivity contribution in [3.8, 4) is 5.75 Å². The summed E-state index contributed by atoms with van der Waals surface area (Å²) in [6.45, 7) is 14.8. The Labute approximate surface area is 251 Å². The zero-order valence-corrected chi connectivity index (χ0v) is 26.5. The summed E-state index contributed by atoms with van der Waals surface area (Å²) in [5.74, 6) is 0.477. The molecule has 1 heterocycles. The highest BCUT2D eigenvalue weighted by atomic mass is 32.2. The van der Waals surface area contributed by atoms with Gasteiger partial charge < -0.3 is 4.84 Å². The number of hydrogen-bond acceptors (Lipinski definition) is 6. The van der Waals surface area contributed by atoms with Crippen LogP contribution in [0.2, 0.25) is 0 Å². The number of hydrogen-bond donors (Lipinski definition) is 0. The lowest BCUT2D eigenvalue weighted by Crippen LogP contribution is -2.34. The van der Waals surface area contributed by atoms with Crippen LogP contribution in [0.3, 0.4) is 0 Å². The van der Waals surface area contributed by atoms with Crippen molar-refractivity contribution in [2.75, 3.05) is 5.06 Å². The van der Waals surface area contributed by atoms with Gasteiger partial charge in [0.2, 0.25) is 0 Å². The van der Waals surface area contributed by atoms with E-state index in [-0.39, 0.29) is 27.8 Å². The van der Waals surface area contributed by atoms with Crippen LogP contribution in [0.5, 0.6) is 5.75 Å². The fourth-order valence-corrected chi connectivity index (χ4v) is 7.50. The first kappa shape index (κ1) is 29.3. The Hall–Kier alpha value is -3.16. The van der Waals surface area contributed by atoms with E-state index in [9.17, 15) is 9.59 Å². The van der Waals surface area contributed by atoms with Crippen LogP contribution in [0, 0.1) is 0 Å². The van der Waals surface area contributed by atoms with Gasteiger partial charge in [-0.3, -0.25) is 9.59 Å². The molecule has 0 saturated carbocycles. The van der Waals surface area contributed by atoms with Crippen molar-refractivity contribution in [3.05, 3.63) is 82.9 Å². The second-order valence-corrected chi connectivity index (χ2v) is 14.5. The molecule has 1 aliphatic carbocycles. The highest BCUT2D eigenvalue weighted by Gasteiger charge is 2.36. The van der Waals surface area contributed by atoms with Gasteiger partial charge in [-0.2, -0.15) is 0 Å². The molecule has 41 heavy (non-hydrogen) atoms. The Balaban J connectivity index is 1.48. The van der Waals surface area contributed by atoms with Crippen LogP contribution in [0.25, 0.3) is 10.2 Å². The second-order valence-electron chi connectivity index (χ2n) is 12.0. The summed E-state index contributed by atoms with van der Waals surface area (Å²) in [6, 6.07) is 19.9. The van der Waals surface area contributed by atoms with Gasteiger partial charge in [0, 0.05) is 18.1 Å². The van der Waals surface area contributed by atoms with E-state index < -0.39 is 0 Å². The van der Waals surface area contributed by atoms with E-state index in [2.05, 4.69) is 53.7 Å². The minimum atomic E-state index is -0.300. The summed E-state index contributed by atoms with van der Waals surface area (Å²) in [6.07, 6.45) is 2.44. The quantitative estimate of drug-likeness (QED) is 0.183. The summed E-state index contributed by atoms with van der Waals surface area (Å²) in [7, 11) is 0. The van der Waals surface area contributed by atoms with E-state index in [0.29, 0.717) is 23.4 Å². The number of carbonyl (C=O) groups excluding carboxylic acids is 2. The van der Waals surface area contributed by atoms with E-state index in [1.54, 1.807) is 11.3 Å². The number of nitrogens with zero attached hydrogens (tertiary/aromatic N) is 2. The van der Waals surface area contributed by atoms with Crippen molar-refractivity contribution in [2.45, 2.75) is 88.1 Å². The largest absolute Gasteiger partial charge is 0.372 e. The number of amides is 1. The summed E-state index contributed by atoms with van der Waals surface area (Å²) < 4.78 is 1.98. The summed E-state index contributed by atoms with van der Waals surface area (Å²) >= 11 is 3.11. The molecule has 4 aromatic rings. The Morgan fingerprint density at radius 1 is 1.02 bits per heavy atom. The number of hydroxylamine groups is 1. The molecule has 1 aliphatic rings. The van der Waals surface area contributed by atoms with E-state index in [4.69, 9.17) is 9.82 Å². The number of ketones is 1. The average Bonchev–Trinajstić information content (AvgIpc) is 3.51. The smallest absolute Gasteiger partial charge is 0.256 e. The minimum Gasteiger partial charge on any atom is -0.372 e. The molecular weight excluding hydrogens is 549 g/mol. The lowest BCUT2D eigenvalue weighted by Gasteiger charge is -2.32. The number of thiazole rings is 1. The van der Waals surface area contributed by atoms with Gasteiger partial charge >= 0.3 is 0 Å². The Morgan fingerprint density at radius 2 is 1.76 bits per heavy atom. The maximum atomic E-state index is 13.5. The third-order valence-electron chi connectivity index (χ3n) is 8.57. The van der Waals surface area contributed by atoms with Gasteiger partial charge in [-0.05, 0) is 65.5 Å². The lowest BCUT2D eigenvalue weighted by molar-refractivity contribution is -0.120. The zero-order chi connectivity index (χ0) is 29.5. The van der Waals surface area contributed by atoms with E-state index in [0.717, 1.165) is 38.5 Å². The number of carbonyl (C=O) groups is 2. The van der Waals surface area contributed by atoms with Crippen LogP contribution >= 0.6 is 23.1 Å². The van der Waals surface area contributed by atoms with Crippen LogP contribution < -0.4 is 9.90 Å². The molecule has 5 nitrogen and oxygen atoms in total. The molecule has 1 unspecified atom stereocenters. The minimum absolute atomic E-state index is 0.0218.